The highest BCUT2D eigenvalue weighted by Gasteiger charge is 2.41. The molecule has 2 nitrogen and oxygen atoms in total. The van der Waals surface area contributed by atoms with Gasteiger partial charge in [-0.1, -0.05) is 0 Å². The van der Waals surface area contributed by atoms with Gasteiger partial charge in [-0.3, -0.25) is 4.90 Å². The fourth-order valence-corrected chi connectivity index (χ4v) is 3.49. The molecule has 98 valence electrons. The molecule has 1 saturated heterocycles. The Balaban J connectivity index is 1.41. The molecule has 2 heteroatoms. The van der Waals surface area contributed by atoms with Crippen molar-refractivity contribution < 1.29 is 0 Å². The molecule has 17 heavy (non-hydrogen) atoms. The predicted octanol–water partition coefficient (Wildman–Crippen LogP) is 2.49. The van der Waals surface area contributed by atoms with Crippen LogP contribution in [0, 0.1) is 17.8 Å². The predicted molar refractivity (Wildman–Crippen MR) is 72.1 cm³/mol. The second-order valence-corrected chi connectivity index (χ2v) is 6.82. The molecule has 0 aromatic heterocycles. The highest BCUT2D eigenvalue weighted by molar-refractivity contribution is 4.93. The minimum Gasteiger partial charge on any atom is -0.312 e. The summed E-state index contributed by atoms with van der Waals surface area (Å²) in [4.78, 5) is 2.61. The Labute approximate surface area is 106 Å². The van der Waals surface area contributed by atoms with Gasteiger partial charge >= 0.3 is 0 Å². The Morgan fingerprint density at radius 3 is 2.18 bits per heavy atom. The van der Waals surface area contributed by atoms with Crippen molar-refractivity contribution in [3.63, 3.8) is 0 Å². The second-order valence-electron chi connectivity index (χ2n) is 6.82. The van der Waals surface area contributed by atoms with Crippen LogP contribution in [0.1, 0.15) is 46.0 Å². The van der Waals surface area contributed by atoms with Gasteiger partial charge in [-0.25, -0.2) is 0 Å². The van der Waals surface area contributed by atoms with Crippen LogP contribution in [-0.2, 0) is 0 Å². The Morgan fingerprint density at radius 1 is 1.06 bits per heavy atom. The molecule has 3 rings (SSSR count). The number of hydrogen-bond acceptors (Lipinski definition) is 2. The summed E-state index contributed by atoms with van der Waals surface area (Å²) >= 11 is 0. The van der Waals surface area contributed by atoms with Crippen LogP contribution in [0.15, 0.2) is 0 Å². The van der Waals surface area contributed by atoms with E-state index in [1.54, 1.807) is 0 Å². The van der Waals surface area contributed by atoms with Gasteiger partial charge in [0, 0.05) is 18.6 Å². The summed E-state index contributed by atoms with van der Waals surface area (Å²) < 4.78 is 0. The van der Waals surface area contributed by atoms with Gasteiger partial charge in [0.1, 0.15) is 0 Å². The molecule has 3 fully saturated rings. The first-order valence-electron chi connectivity index (χ1n) is 7.71. The van der Waals surface area contributed by atoms with E-state index in [0.717, 1.165) is 29.8 Å². The van der Waals surface area contributed by atoms with Gasteiger partial charge in [0.25, 0.3) is 0 Å². The SMILES string of the molecule is CC(C)N1CCC(NCC(C2CC2)C2CC2)C1. The minimum atomic E-state index is 0.726. The van der Waals surface area contributed by atoms with E-state index in [1.165, 1.54) is 51.7 Å². The van der Waals surface area contributed by atoms with E-state index in [4.69, 9.17) is 0 Å². The van der Waals surface area contributed by atoms with Crippen molar-refractivity contribution >= 4 is 0 Å². The summed E-state index contributed by atoms with van der Waals surface area (Å²) in [6.45, 7) is 8.53. The molecule has 0 spiro atoms. The summed E-state index contributed by atoms with van der Waals surface area (Å²) in [5, 5.41) is 3.87. The van der Waals surface area contributed by atoms with Crippen molar-refractivity contribution in [2.24, 2.45) is 17.8 Å². The molecule has 1 aliphatic heterocycles. The first kappa shape index (κ1) is 12.0. The van der Waals surface area contributed by atoms with Crippen LogP contribution in [0.25, 0.3) is 0 Å². The maximum atomic E-state index is 3.87. The molecule has 0 aromatic carbocycles. The van der Waals surface area contributed by atoms with Crippen LogP contribution in [0.4, 0.5) is 0 Å². The molecular formula is C15H28N2. The largest absolute Gasteiger partial charge is 0.312 e. The Kier molecular flexibility index (Phi) is 3.45. The van der Waals surface area contributed by atoms with Crippen molar-refractivity contribution in [3.8, 4) is 0 Å². The lowest BCUT2D eigenvalue weighted by atomic mass is 9.97. The monoisotopic (exact) mass is 236 g/mol. The Hall–Kier alpha value is -0.0800. The maximum Gasteiger partial charge on any atom is 0.0207 e. The van der Waals surface area contributed by atoms with Gasteiger partial charge in [-0.15, -0.1) is 0 Å². The molecular weight excluding hydrogens is 208 g/mol. The van der Waals surface area contributed by atoms with E-state index < -0.39 is 0 Å². The van der Waals surface area contributed by atoms with Gasteiger partial charge < -0.3 is 5.32 Å². The third-order valence-electron chi connectivity index (χ3n) is 5.05. The molecule has 2 aliphatic carbocycles. The van der Waals surface area contributed by atoms with Crippen molar-refractivity contribution in [3.05, 3.63) is 0 Å². The number of nitrogens with zero attached hydrogens (tertiary/aromatic N) is 1. The van der Waals surface area contributed by atoms with Crippen molar-refractivity contribution in [2.75, 3.05) is 19.6 Å². The van der Waals surface area contributed by atoms with Crippen LogP contribution in [0.5, 0.6) is 0 Å². The molecule has 0 bridgehead atoms. The third-order valence-corrected chi connectivity index (χ3v) is 5.05. The van der Waals surface area contributed by atoms with Gasteiger partial charge in [0.05, 0.1) is 0 Å². The van der Waals surface area contributed by atoms with Crippen LogP contribution < -0.4 is 5.32 Å². The molecule has 1 atom stereocenters. The topological polar surface area (TPSA) is 15.3 Å². The van der Waals surface area contributed by atoms with E-state index in [0.29, 0.717) is 0 Å². The average molecular weight is 236 g/mol. The van der Waals surface area contributed by atoms with Crippen molar-refractivity contribution in [1.29, 1.82) is 0 Å². The molecule has 0 radical (unpaired) electrons. The fourth-order valence-electron chi connectivity index (χ4n) is 3.49. The normalized spacial score (nSPS) is 30.7. The summed E-state index contributed by atoms with van der Waals surface area (Å²) in [7, 11) is 0. The minimum absolute atomic E-state index is 0.726. The lowest BCUT2D eigenvalue weighted by Gasteiger charge is -2.22. The summed E-state index contributed by atoms with van der Waals surface area (Å²) in [6.07, 6.45) is 7.44. The highest BCUT2D eigenvalue weighted by atomic mass is 15.2. The molecule has 1 unspecified atom stereocenters. The zero-order valence-electron chi connectivity index (χ0n) is 11.5. The van der Waals surface area contributed by atoms with Gasteiger partial charge in [0.15, 0.2) is 0 Å². The van der Waals surface area contributed by atoms with E-state index in [2.05, 4.69) is 24.1 Å². The molecule has 0 aromatic rings. The van der Waals surface area contributed by atoms with Crippen LogP contribution in [-0.4, -0.2) is 36.6 Å². The molecule has 0 amide bonds. The van der Waals surface area contributed by atoms with Gasteiger partial charge in [0.2, 0.25) is 0 Å². The zero-order chi connectivity index (χ0) is 11.8. The Morgan fingerprint density at radius 2 is 1.71 bits per heavy atom. The lowest BCUT2D eigenvalue weighted by Crippen LogP contribution is -2.38. The van der Waals surface area contributed by atoms with E-state index in [9.17, 15) is 0 Å². The first-order chi connectivity index (χ1) is 8.24. The smallest absolute Gasteiger partial charge is 0.0207 e. The fraction of sp³-hybridized carbons (Fsp3) is 1.00. The summed E-state index contributed by atoms with van der Waals surface area (Å²) in [6, 6.07) is 1.50. The van der Waals surface area contributed by atoms with Crippen LogP contribution in [0.2, 0.25) is 0 Å². The summed E-state index contributed by atoms with van der Waals surface area (Å²) in [5.41, 5.74) is 0. The lowest BCUT2D eigenvalue weighted by molar-refractivity contribution is 0.264. The second kappa shape index (κ2) is 4.89. The number of likely N-dealkylation sites (tertiary alicyclic amines) is 1. The van der Waals surface area contributed by atoms with Crippen LogP contribution in [0.3, 0.4) is 0 Å². The van der Waals surface area contributed by atoms with E-state index in [1.807, 2.05) is 0 Å². The van der Waals surface area contributed by atoms with E-state index in [-0.39, 0.29) is 0 Å². The zero-order valence-corrected chi connectivity index (χ0v) is 11.5. The molecule has 1 heterocycles. The van der Waals surface area contributed by atoms with Crippen molar-refractivity contribution in [2.45, 2.75) is 58.0 Å². The molecule has 2 saturated carbocycles. The number of hydrogen-bond donors (Lipinski definition) is 1. The van der Waals surface area contributed by atoms with Crippen molar-refractivity contribution in [1.82, 2.24) is 10.2 Å². The van der Waals surface area contributed by atoms with E-state index >= 15 is 0 Å². The molecule has 3 aliphatic rings. The molecule has 1 N–H and O–H groups in total. The first-order valence-corrected chi connectivity index (χ1v) is 7.71. The number of rotatable bonds is 6. The summed E-state index contributed by atoms with van der Waals surface area (Å²) in [5.74, 6) is 3.22. The maximum absolute atomic E-state index is 3.87. The number of nitrogens with one attached hydrogen (secondary N) is 1. The third kappa shape index (κ3) is 3.03. The standard InChI is InChI=1S/C15H28N2/c1-11(2)17-8-7-14(10-17)16-9-15(12-3-4-12)13-5-6-13/h11-16H,3-10H2,1-2H3. The Bertz CT molecular complexity index is 244. The van der Waals surface area contributed by atoms with Gasteiger partial charge in [-0.2, -0.15) is 0 Å². The van der Waals surface area contributed by atoms with Gasteiger partial charge in [-0.05, 0) is 76.8 Å². The quantitative estimate of drug-likeness (QED) is 0.762. The highest BCUT2D eigenvalue weighted by Crippen LogP contribution is 2.48. The average Bonchev–Trinajstić information content (AvgIpc) is 3.20. The van der Waals surface area contributed by atoms with Crippen LogP contribution >= 0.6 is 0 Å².